The first-order chi connectivity index (χ1) is 9.45. The minimum absolute atomic E-state index is 0.111. The summed E-state index contributed by atoms with van der Waals surface area (Å²) in [5.74, 6) is -3.66. The Morgan fingerprint density at radius 3 is 2.25 bits per heavy atom. The molecule has 2 aromatic carbocycles. The predicted molar refractivity (Wildman–Crippen MR) is 67.0 cm³/mol. The van der Waals surface area contributed by atoms with Gasteiger partial charge < -0.3 is 10.4 Å². The van der Waals surface area contributed by atoms with Gasteiger partial charge in [0.2, 0.25) is 0 Å². The van der Waals surface area contributed by atoms with Gasteiger partial charge in [-0.1, -0.05) is 6.07 Å². The van der Waals surface area contributed by atoms with Crippen molar-refractivity contribution < 1.29 is 23.1 Å². The molecule has 0 bridgehead atoms. The van der Waals surface area contributed by atoms with E-state index in [4.69, 9.17) is 5.11 Å². The highest BCUT2D eigenvalue weighted by molar-refractivity contribution is 5.87. The van der Waals surface area contributed by atoms with Crippen LogP contribution in [0.15, 0.2) is 36.4 Å². The van der Waals surface area contributed by atoms with E-state index in [0.29, 0.717) is 5.56 Å². The van der Waals surface area contributed by atoms with Gasteiger partial charge in [0.05, 0.1) is 5.56 Å². The molecule has 0 unspecified atom stereocenters. The molecule has 20 heavy (non-hydrogen) atoms. The van der Waals surface area contributed by atoms with Crippen LogP contribution in [0.1, 0.15) is 15.9 Å². The Morgan fingerprint density at radius 1 is 1.05 bits per heavy atom. The average molecular weight is 281 g/mol. The van der Waals surface area contributed by atoms with E-state index in [-0.39, 0.29) is 12.2 Å². The van der Waals surface area contributed by atoms with Crippen LogP contribution in [0, 0.1) is 17.5 Å². The Bertz CT molecular complexity index is 639. The highest BCUT2D eigenvalue weighted by atomic mass is 19.1. The lowest BCUT2D eigenvalue weighted by atomic mass is 10.1. The van der Waals surface area contributed by atoms with E-state index >= 15 is 0 Å². The Kier molecular flexibility index (Phi) is 3.93. The summed E-state index contributed by atoms with van der Waals surface area (Å²) in [6.45, 7) is 0.111. The molecule has 2 rings (SSSR count). The summed E-state index contributed by atoms with van der Waals surface area (Å²) >= 11 is 0. The molecule has 0 aromatic heterocycles. The molecular weight excluding hydrogens is 271 g/mol. The van der Waals surface area contributed by atoms with E-state index in [9.17, 15) is 18.0 Å². The van der Waals surface area contributed by atoms with Crippen molar-refractivity contribution in [3.05, 3.63) is 65.0 Å². The summed E-state index contributed by atoms with van der Waals surface area (Å²) in [5.41, 5.74) is 0.243. The fourth-order valence-corrected chi connectivity index (χ4v) is 1.70. The van der Waals surface area contributed by atoms with Crippen molar-refractivity contribution in [2.45, 2.75) is 6.54 Å². The van der Waals surface area contributed by atoms with Crippen LogP contribution in [0.5, 0.6) is 0 Å². The van der Waals surface area contributed by atoms with Crippen molar-refractivity contribution >= 4 is 11.7 Å². The zero-order valence-corrected chi connectivity index (χ0v) is 10.2. The van der Waals surface area contributed by atoms with Crippen LogP contribution in [0.2, 0.25) is 0 Å². The SMILES string of the molecule is O=C(O)c1ccc(CNc2cc(F)cc(F)c2)cc1F. The van der Waals surface area contributed by atoms with Crippen molar-refractivity contribution in [1.82, 2.24) is 0 Å². The topological polar surface area (TPSA) is 49.3 Å². The number of carboxylic acids is 1. The first-order valence-electron chi connectivity index (χ1n) is 5.67. The number of rotatable bonds is 4. The largest absolute Gasteiger partial charge is 0.478 e. The molecule has 0 aliphatic carbocycles. The molecule has 0 atom stereocenters. The first kappa shape index (κ1) is 13.9. The second kappa shape index (κ2) is 5.64. The van der Waals surface area contributed by atoms with Crippen molar-refractivity contribution in [1.29, 1.82) is 0 Å². The number of benzene rings is 2. The Balaban J connectivity index is 2.11. The van der Waals surface area contributed by atoms with Crippen LogP contribution >= 0.6 is 0 Å². The molecule has 104 valence electrons. The van der Waals surface area contributed by atoms with E-state index in [1.165, 1.54) is 6.07 Å². The maximum Gasteiger partial charge on any atom is 0.338 e. The van der Waals surface area contributed by atoms with E-state index in [0.717, 1.165) is 30.3 Å². The van der Waals surface area contributed by atoms with Crippen LogP contribution in [-0.4, -0.2) is 11.1 Å². The molecule has 0 amide bonds. The standard InChI is InChI=1S/C14H10F3NO2/c15-9-4-10(16)6-11(5-9)18-7-8-1-2-12(14(19)20)13(17)3-8/h1-6,18H,7H2,(H,19,20). The minimum Gasteiger partial charge on any atom is -0.478 e. The van der Waals surface area contributed by atoms with Gasteiger partial charge in [-0.25, -0.2) is 18.0 Å². The Labute approximate surface area is 112 Å². The van der Waals surface area contributed by atoms with Crippen molar-refractivity contribution in [3.63, 3.8) is 0 Å². The quantitative estimate of drug-likeness (QED) is 0.902. The van der Waals surface area contributed by atoms with E-state index in [1.54, 1.807) is 0 Å². The van der Waals surface area contributed by atoms with Crippen LogP contribution in [-0.2, 0) is 6.54 Å². The normalized spacial score (nSPS) is 10.3. The second-order valence-electron chi connectivity index (χ2n) is 4.13. The van der Waals surface area contributed by atoms with Gasteiger partial charge in [-0.05, 0) is 29.8 Å². The van der Waals surface area contributed by atoms with Gasteiger partial charge >= 0.3 is 5.97 Å². The molecule has 3 nitrogen and oxygen atoms in total. The molecule has 0 aliphatic rings. The zero-order valence-electron chi connectivity index (χ0n) is 10.2. The summed E-state index contributed by atoms with van der Waals surface area (Å²) in [4.78, 5) is 10.6. The fraction of sp³-hybridized carbons (Fsp3) is 0.0714. The summed E-state index contributed by atoms with van der Waals surface area (Å²) in [5, 5.41) is 11.4. The third-order valence-electron chi connectivity index (χ3n) is 2.62. The molecule has 0 saturated carbocycles. The molecule has 0 fully saturated rings. The summed E-state index contributed by atoms with van der Waals surface area (Å²) in [6.07, 6.45) is 0. The van der Waals surface area contributed by atoms with Gasteiger partial charge in [-0.3, -0.25) is 0 Å². The summed E-state index contributed by atoms with van der Waals surface area (Å²) in [6, 6.07) is 6.57. The molecule has 0 saturated heterocycles. The van der Waals surface area contributed by atoms with Crippen LogP contribution in [0.3, 0.4) is 0 Å². The number of hydrogen-bond donors (Lipinski definition) is 2. The van der Waals surface area contributed by atoms with E-state index in [2.05, 4.69) is 5.32 Å². The zero-order chi connectivity index (χ0) is 14.7. The third-order valence-corrected chi connectivity index (χ3v) is 2.62. The predicted octanol–water partition coefficient (Wildman–Crippen LogP) is 3.41. The lowest BCUT2D eigenvalue weighted by Crippen LogP contribution is -2.04. The van der Waals surface area contributed by atoms with Crippen molar-refractivity contribution in [2.75, 3.05) is 5.32 Å². The highest BCUT2D eigenvalue weighted by Gasteiger charge is 2.10. The van der Waals surface area contributed by atoms with Gasteiger partial charge in [-0.2, -0.15) is 0 Å². The molecule has 0 heterocycles. The summed E-state index contributed by atoms with van der Waals surface area (Å²) in [7, 11) is 0. The minimum atomic E-state index is -1.35. The lowest BCUT2D eigenvalue weighted by molar-refractivity contribution is 0.0692. The van der Waals surface area contributed by atoms with E-state index < -0.39 is 29.0 Å². The Hall–Kier alpha value is -2.50. The van der Waals surface area contributed by atoms with E-state index in [1.807, 2.05) is 0 Å². The Morgan fingerprint density at radius 2 is 1.70 bits per heavy atom. The number of hydrogen-bond acceptors (Lipinski definition) is 2. The number of aromatic carboxylic acids is 1. The van der Waals surface area contributed by atoms with Crippen LogP contribution < -0.4 is 5.32 Å². The number of nitrogens with one attached hydrogen (secondary N) is 1. The van der Waals surface area contributed by atoms with Crippen LogP contribution in [0.4, 0.5) is 18.9 Å². The first-order valence-corrected chi connectivity index (χ1v) is 5.67. The fourth-order valence-electron chi connectivity index (χ4n) is 1.70. The molecule has 2 N–H and O–H groups in total. The molecule has 0 spiro atoms. The van der Waals surface area contributed by atoms with Crippen LogP contribution in [0.25, 0.3) is 0 Å². The van der Waals surface area contributed by atoms with Crippen molar-refractivity contribution in [3.8, 4) is 0 Å². The summed E-state index contributed by atoms with van der Waals surface area (Å²) < 4.78 is 39.3. The van der Waals surface area contributed by atoms with Gasteiger partial charge in [-0.15, -0.1) is 0 Å². The van der Waals surface area contributed by atoms with Crippen molar-refractivity contribution in [2.24, 2.45) is 0 Å². The van der Waals surface area contributed by atoms with Gasteiger partial charge in [0.15, 0.2) is 0 Å². The molecule has 2 aromatic rings. The molecule has 6 heteroatoms. The molecule has 0 radical (unpaired) electrons. The molecular formula is C14H10F3NO2. The van der Waals surface area contributed by atoms with Gasteiger partial charge in [0.1, 0.15) is 17.5 Å². The molecule has 0 aliphatic heterocycles. The highest BCUT2D eigenvalue weighted by Crippen LogP contribution is 2.15. The maximum absolute atomic E-state index is 13.4. The smallest absolute Gasteiger partial charge is 0.338 e. The number of carbonyl (C=O) groups is 1. The van der Waals surface area contributed by atoms with Gasteiger partial charge in [0.25, 0.3) is 0 Å². The average Bonchev–Trinajstić information content (AvgIpc) is 2.35. The number of halogens is 3. The van der Waals surface area contributed by atoms with Gasteiger partial charge in [0, 0.05) is 18.3 Å². The maximum atomic E-state index is 13.4. The monoisotopic (exact) mass is 281 g/mol. The number of carboxylic acid groups (broad SMARTS) is 1. The third kappa shape index (κ3) is 3.28. The number of anilines is 1. The lowest BCUT2D eigenvalue weighted by Gasteiger charge is -2.08. The second-order valence-corrected chi connectivity index (χ2v) is 4.13.